The van der Waals surface area contributed by atoms with Crippen LogP contribution in [0, 0.1) is 0 Å². The second kappa shape index (κ2) is 10.6. The molecule has 0 amide bonds. The van der Waals surface area contributed by atoms with Crippen molar-refractivity contribution in [3.8, 4) is 44.5 Å². The van der Waals surface area contributed by atoms with Crippen molar-refractivity contribution in [2.75, 3.05) is 0 Å². The van der Waals surface area contributed by atoms with Gasteiger partial charge in [0.25, 0.3) is 0 Å². The predicted octanol–water partition coefficient (Wildman–Crippen LogP) is 10.7. The van der Waals surface area contributed by atoms with Crippen LogP contribution in [0.15, 0.2) is 97.0 Å². The Labute approximate surface area is 348 Å². The molecule has 0 atom stereocenters. The number of hydrogen-bond donors (Lipinski definition) is 0. The van der Waals surface area contributed by atoms with E-state index in [1.54, 1.807) is 0 Å². The number of rotatable bonds is 0. The highest BCUT2D eigenvalue weighted by Gasteiger charge is 2.45. The first kappa shape index (κ1) is 32.8. The van der Waals surface area contributed by atoms with Crippen molar-refractivity contribution in [3.63, 3.8) is 0 Å². The van der Waals surface area contributed by atoms with Gasteiger partial charge in [-0.05, 0) is 121 Å². The fraction of sp³-hybridized carbons (Fsp3) is 0.286. The lowest BCUT2D eigenvalue weighted by atomic mass is 9.34. The van der Waals surface area contributed by atoms with E-state index in [1.807, 2.05) is 0 Å². The van der Waals surface area contributed by atoms with Gasteiger partial charge in [0.05, 0.1) is 2.74 Å². The summed E-state index contributed by atoms with van der Waals surface area (Å²) < 4.78 is 20.0. The molecule has 0 N–H and O–H groups in total. The van der Waals surface area contributed by atoms with E-state index in [1.165, 1.54) is 121 Å². The standard InChI is InChI=1S/C56H52B2/c1-53(2,3)31-15-19-43-37(23-31)41-27-33(55(7,8)9)25-39-35-17-13-30-22-46-50-36(18-14-29-21-45(57(43)51(39)41)49(35)47(30)48(29)50)40-26-34(56(10,11)12)28-42-38-24-32(54(4,5)6)16-20-44(38)58(46)52(40)42/h13-28H,1-12H3/i13D,14D. The van der Waals surface area contributed by atoms with Crippen molar-refractivity contribution >= 4 is 78.5 Å². The minimum atomic E-state index is -0.0520. The van der Waals surface area contributed by atoms with Crippen LogP contribution in [0.3, 0.4) is 0 Å². The summed E-state index contributed by atoms with van der Waals surface area (Å²) in [6.45, 7) is 27.9. The van der Waals surface area contributed by atoms with E-state index in [2.05, 4.69) is 168 Å². The second-order valence-electron chi connectivity index (χ2n) is 22.4. The summed E-state index contributed by atoms with van der Waals surface area (Å²) in [6.07, 6.45) is 0. The summed E-state index contributed by atoms with van der Waals surface area (Å²) in [5.74, 6) is 0. The molecule has 0 bridgehead atoms. The van der Waals surface area contributed by atoms with Gasteiger partial charge in [0.1, 0.15) is 0 Å². The molecule has 0 nitrogen and oxygen atoms in total. The smallest absolute Gasteiger partial charge is 0.0661 e. The topological polar surface area (TPSA) is 0 Å². The molecular weight excluding hydrogens is 694 g/mol. The summed E-state index contributed by atoms with van der Waals surface area (Å²) >= 11 is 0. The third kappa shape index (κ3) is 4.35. The fourth-order valence-electron chi connectivity index (χ4n) is 11.5. The summed E-state index contributed by atoms with van der Waals surface area (Å²) in [4.78, 5) is 0. The van der Waals surface area contributed by atoms with Crippen molar-refractivity contribution in [1.82, 2.24) is 0 Å². The van der Waals surface area contributed by atoms with Crippen LogP contribution in [0.2, 0.25) is 0 Å². The van der Waals surface area contributed by atoms with Crippen molar-refractivity contribution in [2.45, 2.75) is 105 Å². The van der Waals surface area contributed by atoms with E-state index in [0.29, 0.717) is 12.1 Å². The van der Waals surface area contributed by atoms with Gasteiger partial charge in [-0.1, -0.05) is 213 Å². The number of fused-ring (bicyclic) bond motifs is 10. The normalized spacial score (nSPS) is 15.3. The highest BCUT2D eigenvalue weighted by Crippen LogP contribution is 2.48. The molecule has 0 radical (unpaired) electrons. The van der Waals surface area contributed by atoms with Crippen LogP contribution < -0.4 is 32.8 Å². The van der Waals surface area contributed by atoms with Gasteiger partial charge in [-0.2, -0.15) is 0 Å². The van der Waals surface area contributed by atoms with Crippen LogP contribution in [0.1, 0.15) is 108 Å². The van der Waals surface area contributed by atoms with E-state index in [9.17, 15) is 2.74 Å². The third-order valence-corrected chi connectivity index (χ3v) is 14.7. The average molecular weight is 749 g/mol. The van der Waals surface area contributed by atoms with Crippen LogP contribution in [0.5, 0.6) is 0 Å². The van der Waals surface area contributed by atoms with E-state index in [4.69, 9.17) is 0 Å². The lowest BCUT2D eigenvalue weighted by Gasteiger charge is -2.32. The lowest BCUT2D eigenvalue weighted by molar-refractivity contribution is 0.590. The molecule has 8 aromatic carbocycles. The van der Waals surface area contributed by atoms with Crippen molar-refractivity contribution in [1.29, 1.82) is 0 Å². The molecule has 58 heavy (non-hydrogen) atoms. The molecule has 0 saturated heterocycles. The van der Waals surface area contributed by atoms with Gasteiger partial charge in [0.2, 0.25) is 13.4 Å². The van der Waals surface area contributed by atoms with Gasteiger partial charge in [-0.25, -0.2) is 0 Å². The van der Waals surface area contributed by atoms with Crippen molar-refractivity contribution in [2.24, 2.45) is 0 Å². The van der Waals surface area contributed by atoms with Crippen LogP contribution in [0.4, 0.5) is 0 Å². The van der Waals surface area contributed by atoms with Crippen molar-refractivity contribution in [3.05, 3.63) is 119 Å². The molecule has 0 fully saturated rings. The molecule has 0 aromatic heterocycles. The zero-order valence-electron chi connectivity index (χ0n) is 38.2. The largest absolute Gasteiger partial charge is 0.244 e. The zero-order chi connectivity index (χ0) is 42.1. The molecule has 4 aliphatic heterocycles. The minimum Gasteiger partial charge on any atom is -0.0661 e. The molecule has 0 spiro atoms. The van der Waals surface area contributed by atoms with Gasteiger partial charge >= 0.3 is 0 Å². The molecule has 0 unspecified atom stereocenters. The Morgan fingerprint density at radius 2 is 0.655 bits per heavy atom. The molecule has 0 aliphatic carbocycles. The monoisotopic (exact) mass is 748 g/mol. The molecule has 12 rings (SSSR count). The minimum absolute atomic E-state index is 0.0219. The molecule has 4 heterocycles. The summed E-state index contributed by atoms with van der Waals surface area (Å²) in [7, 11) is 0. The lowest BCUT2D eigenvalue weighted by Crippen LogP contribution is -2.53. The maximum Gasteiger partial charge on any atom is 0.244 e. The van der Waals surface area contributed by atoms with Gasteiger partial charge in [0, 0.05) is 0 Å². The highest BCUT2D eigenvalue weighted by atomic mass is 14.4. The maximum absolute atomic E-state index is 9.98. The van der Waals surface area contributed by atoms with Crippen LogP contribution in [-0.4, -0.2) is 13.4 Å². The zero-order valence-corrected chi connectivity index (χ0v) is 36.2. The average Bonchev–Trinajstić information content (AvgIpc) is 3.68. The number of hydrogen-bond acceptors (Lipinski definition) is 0. The molecule has 8 aromatic rings. The van der Waals surface area contributed by atoms with Gasteiger partial charge in [-0.15, -0.1) is 0 Å². The number of benzene rings is 8. The van der Waals surface area contributed by atoms with Crippen LogP contribution in [-0.2, 0) is 21.7 Å². The van der Waals surface area contributed by atoms with E-state index in [-0.39, 0.29) is 35.1 Å². The van der Waals surface area contributed by atoms with E-state index in [0.717, 1.165) is 10.8 Å². The fourth-order valence-corrected chi connectivity index (χ4v) is 11.5. The van der Waals surface area contributed by atoms with E-state index < -0.39 is 0 Å². The van der Waals surface area contributed by atoms with Gasteiger partial charge in [-0.3, -0.25) is 0 Å². The van der Waals surface area contributed by atoms with Gasteiger partial charge < -0.3 is 0 Å². The van der Waals surface area contributed by atoms with E-state index >= 15 is 0 Å². The van der Waals surface area contributed by atoms with Crippen LogP contribution >= 0.6 is 0 Å². The highest BCUT2D eigenvalue weighted by molar-refractivity contribution is 7.03. The molecule has 282 valence electrons. The van der Waals surface area contributed by atoms with Crippen LogP contribution in [0.25, 0.3) is 76.8 Å². The second-order valence-corrected chi connectivity index (χ2v) is 22.4. The Hall–Kier alpha value is -5.07. The Balaban J connectivity index is 1.24. The molecule has 2 heteroatoms. The Morgan fingerprint density at radius 3 is 1.00 bits per heavy atom. The first-order valence-electron chi connectivity index (χ1n) is 22.6. The molecule has 0 saturated carbocycles. The Kier molecular flexibility index (Phi) is 5.98. The summed E-state index contributed by atoms with van der Waals surface area (Å²) in [5, 5.41) is 6.90. The first-order chi connectivity index (χ1) is 28.1. The summed E-state index contributed by atoms with van der Waals surface area (Å²) in [5.41, 5.74) is 23.6. The van der Waals surface area contributed by atoms with Crippen molar-refractivity contribution < 1.29 is 2.74 Å². The quantitative estimate of drug-likeness (QED) is 0.107. The Morgan fingerprint density at radius 1 is 0.328 bits per heavy atom. The molecule has 4 aliphatic rings. The summed E-state index contributed by atoms with van der Waals surface area (Å²) in [6, 6.07) is 34.6. The molecular formula is C56H52B2. The first-order valence-corrected chi connectivity index (χ1v) is 21.6. The van der Waals surface area contributed by atoms with Gasteiger partial charge in [0.15, 0.2) is 0 Å². The Bertz CT molecular complexity index is 3100. The maximum atomic E-state index is 9.98. The SMILES string of the molecule is [2H]c1cc2c3c(cc4c([2H])cc5c6c(cc1c3c46)B1c3ccc(C(C)(C)C)cc3-c3cc(C(C)(C)C)cc-5c31)B1c3ccc(C(C)(C)C)cc3-c3cc(C(C)(C)C)cc-2c31. The predicted molar refractivity (Wildman–Crippen MR) is 256 cm³/mol. The third-order valence-electron chi connectivity index (χ3n) is 14.7.